The number of carbonyl (C=O) groups is 1. The van der Waals surface area contributed by atoms with Crippen LogP contribution in [0.4, 0.5) is 5.69 Å². The molecule has 3 rings (SSSR count). The third-order valence-corrected chi connectivity index (χ3v) is 5.28. The standard InChI is InChI=1S/C19H19ClN4O2S/c1-23(14-8-4-3-5-9-14)18(25)13-27-19-22-21-17(24(19)2)12-26-16-11-7-6-10-15(16)20/h3-11H,12-13H2,1-2H3. The summed E-state index contributed by atoms with van der Waals surface area (Å²) in [5, 5.41) is 9.49. The summed E-state index contributed by atoms with van der Waals surface area (Å²) in [4.78, 5) is 14.0. The van der Waals surface area contributed by atoms with E-state index in [0.29, 0.717) is 21.8 Å². The van der Waals surface area contributed by atoms with Crippen molar-refractivity contribution in [3.8, 4) is 5.75 Å². The molecule has 0 fully saturated rings. The van der Waals surface area contributed by atoms with Crippen molar-refractivity contribution in [2.75, 3.05) is 17.7 Å². The van der Waals surface area contributed by atoms with Crippen LogP contribution in [-0.2, 0) is 18.4 Å². The fourth-order valence-corrected chi connectivity index (χ4v) is 3.35. The number of amides is 1. The lowest BCUT2D eigenvalue weighted by molar-refractivity contribution is -0.115. The molecule has 0 aliphatic carbocycles. The highest BCUT2D eigenvalue weighted by Crippen LogP contribution is 2.24. The summed E-state index contributed by atoms with van der Waals surface area (Å²) >= 11 is 7.43. The molecule has 0 spiro atoms. The van der Waals surface area contributed by atoms with E-state index >= 15 is 0 Å². The maximum Gasteiger partial charge on any atom is 0.237 e. The Bertz CT molecular complexity index is 917. The van der Waals surface area contributed by atoms with E-state index in [4.69, 9.17) is 16.3 Å². The molecule has 2 aromatic carbocycles. The number of hydrogen-bond acceptors (Lipinski definition) is 5. The van der Waals surface area contributed by atoms with Crippen molar-refractivity contribution in [3.05, 3.63) is 65.4 Å². The Balaban J connectivity index is 1.57. The summed E-state index contributed by atoms with van der Waals surface area (Å²) < 4.78 is 7.52. The Hall–Kier alpha value is -2.51. The van der Waals surface area contributed by atoms with Gasteiger partial charge in [-0.1, -0.05) is 53.7 Å². The van der Waals surface area contributed by atoms with Gasteiger partial charge in [-0.15, -0.1) is 10.2 Å². The largest absolute Gasteiger partial charge is 0.484 e. The summed E-state index contributed by atoms with van der Waals surface area (Å²) in [5.74, 6) is 1.50. The molecule has 1 heterocycles. The van der Waals surface area contributed by atoms with E-state index in [1.165, 1.54) is 11.8 Å². The third kappa shape index (κ3) is 4.81. The van der Waals surface area contributed by atoms with Crippen LogP contribution in [0.5, 0.6) is 5.75 Å². The molecule has 0 saturated carbocycles. The maximum absolute atomic E-state index is 12.4. The number of anilines is 1. The fourth-order valence-electron chi connectivity index (χ4n) is 2.32. The molecular weight excluding hydrogens is 384 g/mol. The lowest BCUT2D eigenvalue weighted by Gasteiger charge is -2.16. The monoisotopic (exact) mass is 402 g/mol. The first kappa shape index (κ1) is 19.3. The number of nitrogens with zero attached hydrogens (tertiary/aromatic N) is 4. The van der Waals surface area contributed by atoms with Crippen LogP contribution in [0.3, 0.4) is 0 Å². The molecular formula is C19H19ClN4O2S. The van der Waals surface area contributed by atoms with E-state index in [0.717, 1.165) is 5.69 Å². The number of para-hydroxylation sites is 2. The SMILES string of the molecule is CN(C(=O)CSc1nnc(COc2ccccc2Cl)n1C)c1ccccc1. The number of halogens is 1. The molecule has 0 atom stereocenters. The molecule has 0 aliphatic rings. The van der Waals surface area contributed by atoms with E-state index < -0.39 is 0 Å². The zero-order chi connectivity index (χ0) is 19.2. The number of aromatic nitrogens is 3. The molecule has 1 aromatic heterocycles. The van der Waals surface area contributed by atoms with Crippen LogP contribution in [0.1, 0.15) is 5.82 Å². The van der Waals surface area contributed by atoms with Crippen molar-refractivity contribution < 1.29 is 9.53 Å². The predicted octanol–water partition coefficient (Wildman–Crippen LogP) is 3.80. The van der Waals surface area contributed by atoms with Gasteiger partial charge in [-0.2, -0.15) is 0 Å². The molecule has 0 aliphatic heterocycles. The third-order valence-electron chi connectivity index (χ3n) is 3.96. The Labute approximate surface area is 167 Å². The van der Waals surface area contributed by atoms with E-state index in [1.807, 2.05) is 54.1 Å². The highest BCUT2D eigenvalue weighted by molar-refractivity contribution is 7.99. The van der Waals surface area contributed by atoms with Crippen LogP contribution in [0, 0.1) is 0 Å². The first-order chi connectivity index (χ1) is 13.1. The van der Waals surface area contributed by atoms with Crippen LogP contribution in [-0.4, -0.2) is 33.5 Å². The lowest BCUT2D eigenvalue weighted by atomic mass is 10.3. The van der Waals surface area contributed by atoms with Crippen molar-refractivity contribution in [1.82, 2.24) is 14.8 Å². The smallest absolute Gasteiger partial charge is 0.237 e. The zero-order valence-corrected chi connectivity index (χ0v) is 16.6. The predicted molar refractivity (Wildman–Crippen MR) is 107 cm³/mol. The van der Waals surface area contributed by atoms with Crippen LogP contribution >= 0.6 is 23.4 Å². The van der Waals surface area contributed by atoms with Crippen molar-refractivity contribution in [3.63, 3.8) is 0 Å². The molecule has 6 nitrogen and oxygen atoms in total. The van der Waals surface area contributed by atoms with Crippen molar-refractivity contribution in [2.45, 2.75) is 11.8 Å². The van der Waals surface area contributed by atoms with Crippen molar-refractivity contribution >= 4 is 35.0 Å². The Morgan fingerprint density at radius 1 is 1.15 bits per heavy atom. The summed E-state index contributed by atoms with van der Waals surface area (Å²) in [7, 11) is 3.61. The molecule has 8 heteroatoms. The van der Waals surface area contributed by atoms with Gasteiger partial charge >= 0.3 is 0 Å². The van der Waals surface area contributed by atoms with E-state index in [9.17, 15) is 4.79 Å². The number of rotatable bonds is 7. The van der Waals surface area contributed by atoms with Gasteiger partial charge in [-0.25, -0.2) is 0 Å². The summed E-state index contributed by atoms with van der Waals surface area (Å²) in [6.07, 6.45) is 0. The van der Waals surface area contributed by atoms with Crippen molar-refractivity contribution in [2.24, 2.45) is 7.05 Å². The van der Waals surface area contributed by atoms with Gasteiger partial charge in [0.15, 0.2) is 11.0 Å². The highest BCUT2D eigenvalue weighted by Gasteiger charge is 2.15. The molecule has 0 saturated heterocycles. The van der Waals surface area contributed by atoms with Crippen molar-refractivity contribution in [1.29, 1.82) is 0 Å². The quantitative estimate of drug-likeness (QED) is 0.562. The molecule has 0 bridgehead atoms. The van der Waals surface area contributed by atoms with Gasteiger partial charge in [-0.3, -0.25) is 4.79 Å². The number of carbonyl (C=O) groups excluding carboxylic acids is 1. The fraction of sp³-hybridized carbons (Fsp3) is 0.211. The molecule has 140 valence electrons. The van der Waals surface area contributed by atoms with Crippen LogP contribution in [0.25, 0.3) is 0 Å². The topological polar surface area (TPSA) is 60.3 Å². The Morgan fingerprint density at radius 3 is 2.59 bits per heavy atom. The number of benzene rings is 2. The second kappa shape index (κ2) is 8.92. The normalized spacial score (nSPS) is 10.6. The van der Waals surface area contributed by atoms with E-state index in [-0.39, 0.29) is 18.3 Å². The van der Waals surface area contributed by atoms with Gasteiger partial charge in [-0.05, 0) is 24.3 Å². The maximum atomic E-state index is 12.4. The second-order valence-electron chi connectivity index (χ2n) is 5.75. The van der Waals surface area contributed by atoms with Gasteiger partial charge in [0, 0.05) is 19.8 Å². The minimum absolute atomic E-state index is 0.0110. The van der Waals surface area contributed by atoms with E-state index in [1.54, 1.807) is 24.1 Å². The van der Waals surface area contributed by atoms with Gasteiger partial charge in [0.25, 0.3) is 0 Å². The molecule has 3 aromatic rings. The molecule has 0 N–H and O–H groups in total. The van der Waals surface area contributed by atoms with Crippen LogP contribution < -0.4 is 9.64 Å². The minimum Gasteiger partial charge on any atom is -0.484 e. The average Bonchev–Trinajstić information content (AvgIpc) is 3.05. The minimum atomic E-state index is -0.0110. The van der Waals surface area contributed by atoms with Gasteiger partial charge < -0.3 is 14.2 Å². The lowest BCUT2D eigenvalue weighted by Crippen LogP contribution is -2.27. The molecule has 27 heavy (non-hydrogen) atoms. The molecule has 1 amide bonds. The first-order valence-electron chi connectivity index (χ1n) is 8.26. The number of hydrogen-bond donors (Lipinski definition) is 0. The van der Waals surface area contributed by atoms with Gasteiger partial charge in [0.2, 0.25) is 5.91 Å². The van der Waals surface area contributed by atoms with E-state index in [2.05, 4.69) is 10.2 Å². The number of ether oxygens (including phenoxy) is 1. The summed E-state index contributed by atoms with van der Waals surface area (Å²) in [6.45, 7) is 0.242. The van der Waals surface area contributed by atoms with Gasteiger partial charge in [0.1, 0.15) is 12.4 Å². The Kier molecular flexibility index (Phi) is 6.36. The zero-order valence-electron chi connectivity index (χ0n) is 15.0. The Morgan fingerprint density at radius 2 is 1.85 bits per heavy atom. The highest BCUT2D eigenvalue weighted by atomic mass is 35.5. The van der Waals surface area contributed by atoms with Crippen LogP contribution in [0.15, 0.2) is 59.8 Å². The molecule has 0 unspecified atom stereocenters. The second-order valence-corrected chi connectivity index (χ2v) is 7.10. The average molecular weight is 403 g/mol. The first-order valence-corrected chi connectivity index (χ1v) is 9.62. The summed E-state index contributed by atoms with van der Waals surface area (Å²) in [6, 6.07) is 16.8. The van der Waals surface area contributed by atoms with Crippen LogP contribution in [0.2, 0.25) is 5.02 Å². The number of thioether (sulfide) groups is 1. The summed E-state index contributed by atoms with van der Waals surface area (Å²) in [5.41, 5.74) is 0.856. The van der Waals surface area contributed by atoms with Gasteiger partial charge in [0.05, 0.1) is 10.8 Å². The molecule has 0 radical (unpaired) electrons.